The zero-order valence-corrected chi connectivity index (χ0v) is 11.0. The molecule has 1 heterocycles. The van der Waals surface area contributed by atoms with E-state index in [0.717, 1.165) is 25.5 Å². The maximum absolute atomic E-state index is 13.4. The van der Waals surface area contributed by atoms with Crippen LogP contribution in [-0.2, 0) is 0 Å². The number of carbonyl (C=O) groups is 1. The van der Waals surface area contributed by atoms with Crippen LogP contribution in [0.15, 0.2) is 18.2 Å². The number of hydrogen-bond acceptors (Lipinski definition) is 2. The van der Waals surface area contributed by atoms with E-state index in [9.17, 15) is 13.6 Å². The van der Waals surface area contributed by atoms with Gasteiger partial charge in [-0.15, -0.1) is 0 Å². The lowest BCUT2D eigenvalue weighted by molar-refractivity contribution is 0.0923. The normalized spacial score (nSPS) is 20.3. The minimum Gasteiger partial charge on any atom is -0.350 e. The van der Waals surface area contributed by atoms with Gasteiger partial charge in [0.2, 0.25) is 0 Å². The fourth-order valence-electron chi connectivity index (χ4n) is 2.39. The number of benzene rings is 1. The van der Waals surface area contributed by atoms with Crippen molar-refractivity contribution in [2.75, 3.05) is 20.1 Å². The quantitative estimate of drug-likeness (QED) is 0.911. The van der Waals surface area contributed by atoms with Crippen molar-refractivity contribution in [1.82, 2.24) is 10.2 Å². The number of nitrogens with one attached hydrogen (secondary N) is 1. The number of carbonyl (C=O) groups excluding carboxylic acids is 1. The van der Waals surface area contributed by atoms with Gasteiger partial charge in [-0.25, -0.2) is 8.78 Å². The van der Waals surface area contributed by atoms with Gasteiger partial charge in [0.25, 0.3) is 5.91 Å². The molecule has 5 heteroatoms. The molecule has 1 aliphatic heterocycles. The van der Waals surface area contributed by atoms with Crippen molar-refractivity contribution in [1.29, 1.82) is 0 Å². The molecule has 1 saturated heterocycles. The molecule has 1 aromatic rings. The average molecular weight is 268 g/mol. The fourth-order valence-corrected chi connectivity index (χ4v) is 2.39. The van der Waals surface area contributed by atoms with Gasteiger partial charge in [0.05, 0.1) is 5.56 Å². The number of likely N-dealkylation sites (tertiary alicyclic amines) is 1. The molecule has 0 saturated carbocycles. The monoisotopic (exact) mass is 268 g/mol. The van der Waals surface area contributed by atoms with Gasteiger partial charge in [-0.05, 0) is 38.6 Å². The Balaban J connectivity index is 1.95. The first kappa shape index (κ1) is 13.9. The Morgan fingerprint density at radius 3 is 2.95 bits per heavy atom. The fraction of sp³-hybridized carbons (Fsp3) is 0.500. The van der Waals surface area contributed by atoms with Crippen LogP contribution < -0.4 is 5.32 Å². The van der Waals surface area contributed by atoms with E-state index in [-0.39, 0.29) is 11.6 Å². The highest BCUT2D eigenvalue weighted by Gasteiger charge is 2.21. The first-order valence-electron chi connectivity index (χ1n) is 6.52. The summed E-state index contributed by atoms with van der Waals surface area (Å²) in [5, 5.41) is 2.68. The maximum Gasteiger partial charge on any atom is 0.254 e. The zero-order valence-electron chi connectivity index (χ0n) is 11.0. The van der Waals surface area contributed by atoms with Gasteiger partial charge in [0.15, 0.2) is 11.6 Å². The molecule has 1 aromatic carbocycles. The number of hydrogen-bond donors (Lipinski definition) is 1. The number of halogens is 2. The van der Waals surface area contributed by atoms with Crippen LogP contribution in [0, 0.1) is 11.6 Å². The minimum absolute atomic E-state index is 0.238. The molecule has 1 fully saturated rings. The smallest absolute Gasteiger partial charge is 0.254 e. The van der Waals surface area contributed by atoms with Crippen molar-refractivity contribution in [3.05, 3.63) is 35.4 Å². The van der Waals surface area contributed by atoms with Crippen LogP contribution in [0.5, 0.6) is 0 Å². The molecule has 0 aliphatic carbocycles. The largest absolute Gasteiger partial charge is 0.350 e. The number of nitrogens with zero attached hydrogens (tertiary/aromatic N) is 1. The van der Waals surface area contributed by atoms with Crippen molar-refractivity contribution in [3.63, 3.8) is 0 Å². The van der Waals surface area contributed by atoms with Crippen LogP contribution >= 0.6 is 0 Å². The SMILES string of the molecule is CN1CCCCC1CNC(=O)c1cccc(F)c1F. The Labute approximate surface area is 111 Å². The van der Waals surface area contributed by atoms with Gasteiger partial charge in [-0.3, -0.25) is 4.79 Å². The topological polar surface area (TPSA) is 32.3 Å². The molecule has 1 unspecified atom stereocenters. The van der Waals surface area contributed by atoms with Crippen LogP contribution in [0.25, 0.3) is 0 Å². The summed E-state index contributed by atoms with van der Waals surface area (Å²) < 4.78 is 26.5. The molecule has 1 aliphatic rings. The van der Waals surface area contributed by atoms with E-state index < -0.39 is 17.5 Å². The summed E-state index contributed by atoms with van der Waals surface area (Å²) in [4.78, 5) is 14.0. The molecule has 1 amide bonds. The second-order valence-electron chi connectivity index (χ2n) is 4.94. The first-order chi connectivity index (χ1) is 9.09. The summed E-state index contributed by atoms with van der Waals surface area (Å²) >= 11 is 0. The Morgan fingerprint density at radius 2 is 2.21 bits per heavy atom. The zero-order chi connectivity index (χ0) is 13.8. The predicted octanol–water partition coefficient (Wildman–Crippen LogP) is 2.18. The Morgan fingerprint density at radius 1 is 1.42 bits per heavy atom. The molecule has 0 bridgehead atoms. The van der Waals surface area contributed by atoms with Crippen molar-refractivity contribution in [2.45, 2.75) is 25.3 Å². The van der Waals surface area contributed by atoms with Crippen molar-refractivity contribution in [3.8, 4) is 0 Å². The van der Waals surface area contributed by atoms with Gasteiger partial charge in [-0.1, -0.05) is 12.5 Å². The molecule has 1 N–H and O–H groups in total. The van der Waals surface area contributed by atoms with E-state index in [1.807, 2.05) is 7.05 Å². The Bertz CT molecular complexity index is 465. The summed E-state index contributed by atoms with van der Waals surface area (Å²) in [6.07, 6.45) is 3.32. The third-order valence-corrected chi connectivity index (χ3v) is 3.62. The Kier molecular flexibility index (Phi) is 4.47. The molecule has 104 valence electrons. The van der Waals surface area contributed by atoms with Crippen LogP contribution in [0.1, 0.15) is 29.6 Å². The highest BCUT2D eigenvalue weighted by atomic mass is 19.2. The van der Waals surface area contributed by atoms with E-state index in [2.05, 4.69) is 10.2 Å². The summed E-state index contributed by atoms with van der Waals surface area (Å²) in [6, 6.07) is 3.90. The molecule has 3 nitrogen and oxygen atoms in total. The van der Waals surface area contributed by atoms with Gasteiger partial charge in [0, 0.05) is 12.6 Å². The Hall–Kier alpha value is -1.49. The molecule has 0 aromatic heterocycles. The minimum atomic E-state index is -1.09. The molecule has 1 atom stereocenters. The third-order valence-electron chi connectivity index (χ3n) is 3.62. The van der Waals surface area contributed by atoms with Crippen LogP contribution in [0.3, 0.4) is 0 Å². The lowest BCUT2D eigenvalue weighted by Gasteiger charge is -2.32. The number of rotatable bonds is 3. The standard InChI is InChI=1S/C14H18F2N2O/c1-18-8-3-2-5-10(18)9-17-14(19)11-6-4-7-12(15)13(11)16/h4,6-7,10H,2-3,5,8-9H2,1H3,(H,17,19). The maximum atomic E-state index is 13.4. The van der Waals surface area contributed by atoms with E-state index in [1.54, 1.807) is 0 Å². The second kappa shape index (κ2) is 6.10. The molecule has 0 spiro atoms. The molecule has 19 heavy (non-hydrogen) atoms. The summed E-state index contributed by atoms with van der Waals surface area (Å²) in [6.45, 7) is 1.47. The van der Waals surface area contributed by atoms with Gasteiger partial charge >= 0.3 is 0 Å². The first-order valence-corrected chi connectivity index (χ1v) is 6.52. The van der Waals surface area contributed by atoms with Crippen molar-refractivity contribution in [2.24, 2.45) is 0 Å². The lowest BCUT2D eigenvalue weighted by atomic mass is 10.0. The second-order valence-corrected chi connectivity index (χ2v) is 4.94. The van der Waals surface area contributed by atoms with Crippen LogP contribution in [-0.4, -0.2) is 37.0 Å². The van der Waals surface area contributed by atoms with Crippen LogP contribution in [0.2, 0.25) is 0 Å². The molecular weight excluding hydrogens is 250 g/mol. The highest BCUT2D eigenvalue weighted by Crippen LogP contribution is 2.15. The predicted molar refractivity (Wildman–Crippen MR) is 69.0 cm³/mol. The number of likely N-dealkylation sites (N-methyl/N-ethyl adjacent to an activating group) is 1. The lowest BCUT2D eigenvalue weighted by Crippen LogP contribution is -2.44. The van der Waals surface area contributed by atoms with E-state index >= 15 is 0 Å². The number of amides is 1. The summed E-state index contributed by atoms with van der Waals surface area (Å²) in [7, 11) is 2.01. The highest BCUT2D eigenvalue weighted by molar-refractivity contribution is 5.94. The van der Waals surface area contributed by atoms with Crippen LogP contribution in [0.4, 0.5) is 8.78 Å². The van der Waals surface area contributed by atoms with Gasteiger partial charge in [-0.2, -0.15) is 0 Å². The van der Waals surface area contributed by atoms with Crippen molar-refractivity contribution < 1.29 is 13.6 Å². The summed E-state index contributed by atoms with van der Waals surface area (Å²) in [5.41, 5.74) is -0.238. The van der Waals surface area contributed by atoms with E-state index in [1.165, 1.54) is 18.6 Å². The average Bonchev–Trinajstić information content (AvgIpc) is 2.40. The van der Waals surface area contributed by atoms with E-state index in [0.29, 0.717) is 6.54 Å². The van der Waals surface area contributed by atoms with Gasteiger partial charge in [0.1, 0.15) is 0 Å². The summed E-state index contributed by atoms with van der Waals surface area (Å²) in [5.74, 6) is -2.64. The molecule has 0 radical (unpaired) electrons. The van der Waals surface area contributed by atoms with Gasteiger partial charge < -0.3 is 10.2 Å². The van der Waals surface area contributed by atoms with Crippen molar-refractivity contribution >= 4 is 5.91 Å². The number of piperidine rings is 1. The third kappa shape index (κ3) is 3.29. The molecule has 2 rings (SSSR count). The molecular formula is C14H18F2N2O. The van der Waals surface area contributed by atoms with E-state index in [4.69, 9.17) is 0 Å².